The van der Waals surface area contributed by atoms with Crippen molar-refractivity contribution < 1.29 is 14.6 Å². The van der Waals surface area contributed by atoms with Gasteiger partial charge in [0.25, 0.3) is 0 Å². The van der Waals surface area contributed by atoms with Crippen LogP contribution in [-0.4, -0.2) is 29.8 Å². The highest BCUT2D eigenvalue weighted by molar-refractivity contribution is 6.08. The third kappa shape index (κ3) is 4.36. The molecule has 0 fully saturated rings. The fraction of sp³-hybridized carbons (Fsp3) is 0.167. The van der Waals surface area contributed by atoms with Gasteiger partial charge in [0.05, 0.1) is 23.3 Å². The van der Waals surface area contributed by atoms with Crippen molar-refractivity contribution >= 4 is 45.0 Å². The number of para-hydroxylation sites is 1. The second kappa shape index (κ2) is 8.89. The predicted molar refractivity (Wildman–Crippen MR) is 124 cm³/mol. The topological polar surface area (TPSA) is 95.5 Å². The number of rotatable bonds is 6. The maximum absolute atomic E-state index is 11.7. The Morgan fingerprint density at radius 1 is 1.00 bits per heavy atom. The van der Waals surface area contributed by atoms with E-state index in [-0.39, 0.29) is 6.61 Å². The van der Waals surface area contributed by atoms with Gasteiger partial charge < -0.3 is 20.5 Å². The molecule has 0 bridgehead atoms. The van der Waals surface area contributed by atoms with Gasteiger partial charge in [0.1, 0.15) is 0 Å². The molecular formula is C24H24N4O3. The van der Waals surface area contributed by atoms with Gasteiger partial charge in [0, 0.05) is 34.8 Å². The molecule has 4 aromatic rings. The number of ether oxygens (including phenoxy) is 1. The van der Waals surface area contributed by atoms with Crippen LogP contribution in [-0.2, 0) is 4.74 Å². The minimum absolute atomic E-state index is 0.285. The van der Waals surface area contributed by atoms with Gasteiger partial charge in [0.2, 0.25) is 0 Å². The third-order valence-electron chi connectivity index (χ3n) is 4.98. The second-order valence-corrected chi connectivity index (χ2v) is 7.00. The molecule has 31 heavy (non-hydrogen) atoms. The number of nitrogens with zero attached hydrogens (tertiary/aromatic N) is 1. The van der Waals surface area contributed by atoms with Crippen molar-refractivity contribution in [3.05, 3.63) is 72.3 Å². The van der Waals surface area contributed by atoms with Crippen molar-refractivity contribution in [2.75, 3.05) is 29.6 Å². The monoisotopic (exact) mass is 416 g/mol. The van der Waals surface area contributed by atoms with Gasteiger partial charge in [-0.25, -0.2) is 9.78 Å². The van der Waals surface area contributed by atoms with Gasteiger partial charge in [0.15, 0.2) is 6.23 Å². The van der Waals surface area contributed by atoms with Crippen LogP contribution < -0.4 is 16.0 Å². The van der Waals surface area contributed by atoms with Crippen molar-refractivity contribution in [1.82, 2.24) is 4.98 Å². The molecule has 4 N–H and O–H groups in total. The Kier molecular flexibility index (Phi) is 5.86. The average Bonchev–Trinajstić information content (AvgIpc) is 2.78. The Bertz CT molecular complexity index is 1240. The summed E-state index contributed by atoms with van der Waals surface area (Å²) < 4.78 is 4.92. The second-order valence-electron chi connectivity index (χ2n) is 7.00. The molecule has 1 amide bonds. The summed E-state index contributed by atoms with van der Waals surface area (Å²) in [5.41, 5.74) is 4.54. The lowest BCUT2D eigenvalue weighted by molar-refractivity contribution is 0.168. The van der Waals surface area contributed by atoms with Crippen LogP contribution in [0.2, 0.25) is 0 Å². The van der Waals surface area contributed by atoms with Crippen molar-refractivity contribution in [2.45, 2.75) is 13.2 Å². The summed E-state index contributed by atoms with van der Waals surface area (Å²) in [6, 6.07) is 20.7. The van der Waals surface area contributed by atoms with Crippen molar-refractivity contribution in [1.29, 1.82) is 0 Å². The quantitative estimate of drug-likeness (QED) is 0.258. The van der Waals surface area contributed by atoms with E-state index in [1.165, 1.54) is 0 Å². The lowest BCUT2D eigenvalue weighted by Crippen LogP contribution is -2.14. The van der Waals surface area contributed by atoms with E-state index in [4.69, 9.17) is 9.72 Å². The Morgan fingerprint density at radius 3 is 2.61 bits per heavy atom. The number of pyridine rings is 1. The van der Waals surface area contributed by atoms with Crippen LogP contribution in [0.1, 0.15) is 18.7 Å². The zero-order chi connectivity index (χ0) is 21.8. The van der Waals surface area contributed by atoms with Crippen molar-refractivity contribution in [2.24, 2.45) is 0 Å². The normalized spacial score (nSPS) is 11.8. The minimum atomic E-state index is -0.998. The molecule has 7 nitrogen and oxygen atoms in total. The maximum atomic E-state index is 11.7. The number of anilines is 3. The summed E-state index contributed by atoms with van der Waals surface area (Å²) in [5.74, 6) is 0. The SMILES string of the molecule is CCOC(=O)Nc1cccc(C(O)Nc2c3ccccc3nc3cc(NC)ccc23)c1. The third-order valence-corrected chi connectivity index (χ3v) is 4.98. The van der Waals surface area contributed by atoms with Crippen LogP contribution in [0.15, 0.2) is 66.7 Å². The van der Waals surface area contributed by atoms with Crippen LogP contribution in [0.3, 0.4) is 0 Å². The summed E-state index contributed by atoms with van der Waals surface area (Å²) in [7, 11) is 1.86. The smallest absolute Gasteiger partial charge is 0.411 e. The van der Waals surface area contributed by atoms with Crippen LogP contribution in [0.5, 0.6) is 0 Å². The summed E-state index contributed by atoms with van der Waals surface area (Å²) in [6.45, 7) is 2.03. The first-order valence-corrected chi connectivity index (χ1v) is 10.1. The molecule has 0 saturated carbocycles. The molecular weight excluding hydrogens is 392 g/mol. The molecule has 1 atom stereocenters. The van der Waals surface area contributed by atoms with E-state index in [0.717, 1.165) is 33.2 Å². The van der Waals surface area contributed by atoms with E-state index in [0.29, 0.717) is 11.3 Å². The molecule has 0 spiro atoms. The standard InChI is InChI=1S/C24H24N4O3/c1-3-31-24(30)26-17-8-6-7-15(13-17)23(29)28-22-18-9-4-5-10-20(18)27-21-14-16(25-2)11-12-19(21)22/h4-14,23,25,29H,3H2,1-2H3,(H,26,30)(H,27,28). The number of aromatic nitrogens is 1. The number of amides is 1. The molecule has 0 aliphatic heterocycles. The van der Waals surface area contributed by atoms with E-state index < -0.39 is 12.3 Å². The zero-order valence-electron chi connectivity index (χ0n) is 17.3. The summed E-state index contributed by atoms with van der Waals surface area (Å²) in [6.07, 6.45) is -1.53. The molecule has 158 valence electrons. The number of carbonyl (C=O) groups excluding carboxylic acids is 1. The molecule has 4 rings (SSSR count). The average molecular weight is 416 g/mol. The number of hydrogen-bond acceptors (Lipinski definition) is 6. The van der Waals surface area contributed by atoms with E-state index in [1.807, 2.05) is 49.5 Å². The number of aliphatic hydroxyl groups excluding tert-OH is 1. The fourth-order valence-electron chi connectivity index (χ4n) is 3.50. The number of carbonyl (C=O) groups is 1. The first-order chi connectivity index (χ1) is 15.1. The maximum Gasteiger partial charge on any atom is 0.411 e. The molecule has 1 unspecified atom stereocenters. The molecule has 3 aromatic carbocycles. The molecule has 1 aromatic heterocycles. The Labute approximate surface area is 180 Å². The lowest BCUT2D eigenvalue weighted by atomic mass is 10.1. The fourth-order valence-corrected chi connectivity index (χ4v) is 3.50. The molecule has 0 aliphatic carbocycles. The molecule has 7 heteroatoms. The highest BCUT2D eigenvalue weighted by atomic mass is 16.5. The summed E-state index contributed by atoms with van der Waals surface area (Å²) in [5, 5.41) is 21.8. The van der Waals surface area contributed by atoms with Gasteiger partial charge in [-0.3, -0.25) is 5.32 Å². The first kappa shape index (κ1) is 20.4. The van der Waals surface area contributed by atoms with Crippen molar-refractivity contribution in [3.8, 4) is 0 Å². The van der Waals surface area contributed by atoms with Crippen LogP contribution >= 0.6 is 0 Å². The summed E-state index contributed by atoms with van der Waals surface area (Å²) in [4.78, 5) is 16.5. The van der Waals surface area contributed by atoms with Gasteiger partial charge in [-0.1, -0.05) is 30.3 Å². The molecule has 0 radical (unpaired) electrons. The van der Waals surface area contributed by atoms with Crippen LogP contribution in [0.25, 0.3) is 21.8 Å². The molecule has 0 aliphatic rings. The molecule has 1 heterocycles. The highest BCUT2D eigenvalue weighted by Gasteiger charge is 2.15. The Balaban J connectivity index is 1.71. The van der Waals surface area contributed by atoms with E-state index in [9.17, 15) is 9.90 Å². The van der Waals surface area contributed by atoms with Gasteiger partial charge in [-0.15, -0.1) is 0 Å². The first-order valence-electron chi connectivity index (χ1n) is 10.1. The van der Waals surface area contributed by atoms with Crippen LogP contribution in [0.4, 0.5) is 21.9 Å². The number of fused-ring (bicyclic) bond motifs is 2. The zero-order valence-corrected chi connectivity index (χ0v) is 17.3. The van der Waals surface area contributed by atoms with Crippen molar-refractivity contribution in [3.63, 3.8) is 0 Å². The minimum Gasteiger partial charge on any atom is -0.450 e. The van der Waals surface area contributed by atoms with Gasteiger partial charge in [-0.05, 0) is 43.3 Å². The largest absolute Gasteiger partial charge is 0.450 e. The van der Waals surface area contributed by atoms with E-state index in [2.05, 4.69) is 16.0 Å². The number of aliphatic hydroxyl groups is 1. The van der Waals surface area contributed by atoms with Crippen LogP contribution in [0, 0.1) is 0 Å². The van der Waals surface area contributed by atoms with E-state index >= 15 is 0 Å². The number of benzene rings is 3. The number of hydrogen-bond donors (Lipinski definition) is 4. The highest BCUT2D eigenvalue weighted by Crippen LogP contribution is 2.34. The lowest BCUT2D eigenvalue weighted by Gasteiger charge is -2.19. The Morgan fingerprint density at radius 2 is 1.81 bits per heavy atom. The Hall–Kier alpha value is -3.84. The predicted octanol–water partition coefficient (Wildman–Crippen LogP) is 5.10. The van der Waals surface area contributed by atoms with E-state index in [1.54, 1.807) is 31.2 Å². The van der Waals surface area contributed by atoms with Gasteiger partial charge >= 0.3 is 6.09 Å². The van der Waals surface area contributed by atoms with Gasteiger partial charge in [-0.2, -0.15) is 0 Å². The summed E-state index contributed by atoms with van der Waals surface area (Å²) >= 11 is 0. The number of nitrogens with one attached hydrogen (secondary N) is 3. The molecule has 0 saturated heterocycles.